The summed E-state index contributed by atoms with van der Waals surface area (Å²) in [4.78, 5) is 4.47. The Balaban J connectivity index is 2.14. The zero-order chi connectivity index (χ0) is 13.4. The maximum Gasteiger partial charge on any atom is 0.228 e. The lowest BCUT2D eigenvalue weighted by molar-refractivity contribution is 0.620. The normalized spacial score (nSPS) is 11.1. The fourth-order valence-corrected chi connectivity index (χ4v) is 2.67. The Bertz CT molecular complexity index is 754. The Hall–Kier alpha value is -1.03. The second-order valence-corrected chi connectivity index (χ2v) is 5.48. The van der Waals surface area contributed by atoms with Gasteiger partial charge in [-0.2, -0.15) is 0 Å². The topological polar surface area (TPSA) is 26.0 Å². The van der Waals surface area contributed by atoms with E-state index in [1.165, 1.54) is 0 Å². The summed E-state index contributed by atoms with van der Waals surface area (Å²) in [7, 11) is 0. The monoisotopic (exact) mass is 355 g/mol. The SMILES string of the molecule is Clc1ccc(-c2nc3cc(CBr)ccc3o2)c(Cl)c1. The van der Waals surface area contributed by atoms with Crippen LogP contribution in [0.2, 0.25) is 10.0 Å². The van der Waals surface area contributed by atoms with Crippen LogP contribution in [0.4, 0.5) is 0 Å². The summed E-state index contributed by atoms with van der Waals surface area (Å²) >= 11 is 15.5. The number of aromatic nitrogens is 1. The number of hydrogen-bond donors (Lipinski definition) is 0. The van der Waals surface area contributed by atoms with Gasteiger partial charge in [0.05, 0.1) is 10.6 Å². The Morgan fingerprint density at radius 2 is 1.95 bits per heavy atom. The van der Waals surface area contributed by atoms with Crippen molar-refractivity contribution >= 4 is 50.2 Å². The third-order valence-electron chi connectivity index (χ3n) is 2.77. The summed E-state index contributed by atoms with van der Waals surface area (Å²) in [6.07, 6.45) is 0. The molecule has 1 heterocycles. The Kier molecular flexibility index (Phi) is 3.52. The Labute approximate surface area is 128 Å². The molecular weight excluding hydrogens is 349 g/mol. The van der Waals surface area contributed by atoms with Gasteiger partial charge < -0.3 is 4.42 Å². The molecule has 1 aromatic heterocycles. The van der Waals surface area contributed by atoms with Crippen LogP contribution < -0.4 is 0 Å². The molecule has 0 saturated carbocycles. The molecule has 5 heteroatoms. The van der Waals surface area contributed by atoms with E-state index in [2.05, 4.69) is 20.9 Å². The largest absolute Gasteiger partial charge is 0.436 e. The lowest BCUT2D eigenvalue weighted by atomic mass is 10.2. The van der Waals surface area contributed by atoms with E-state index in [9.17, 15) is 0 Å². The summed E-state index contributed by atoms with van der Waals surface area (Å²) in [6.45, 7) is 0. The van der Waals surface area contributed by atoms with Crippen molar-refractivity contribution < 1.29 is 4.42 Å². The summed E-state index contributed by atoms with van der Waals surface area (Å²) in [5, 5.41) is 1.90. The number of benzene rings is 2. The van der Waals surface area contributed by atoms with Crippen molar-refractivity contribution in [3.05, 3.63) is 52.0 Å². The lowest BCUT2D eigenvalue weighted by Gasteiger charge is -1.98. The molecule has 0 aliphatic heterocycles. The lowest BCUT2D eigenvalue weighted by Crippen LogP contribution is -1.79. The highest BCUT2D eigenvalue weighted by molar-refractivity contribution is 9.08. The summed E-state index contributed by atoms with van der Waals surface area (Å²) < 4.78 is 5.72. The van der Waals surface area contributed by atoms with E-state index < -0.39 is 0 Å². The molecule has 19 heavy (non-hydrogen) atoms. The third-order valence-corrected chi connectivity index (χ3v) is 3.96. The molecule has 2 nitrogen and oxygen atoms in total. The maximum absolute atomic E-state index is 6.16. The highest BCUT2D eigenvalue weighted by Gasteiger charge is 2.12. The molecule has 0 aliphatic carbocycles. The first-order valence-electron chi connectivity index (χ1n) is 5.58. The van der Waals surface area contributed by atoms with Crippen LogP contribution in [0.15, 0.2) is 40.8 Å². The molecule has 0 atom stereocenters. The number of hydrogen-bond acceptors (Lipinski definition) is 2. The number of alkyl halides is 1. The maximum atomic E-state index is 6.16. The van der Waals surface area contributed by atoms with Crippen LogP contribution in [-0.4, -0.2) is 4.98 Å². The van der Waals surface area contributed by atoms with Crippen molar-refractivity contribution in [1.29, 1.82) is 0 Å². The van der Waals surface area contributed by atoms with Gasteiger partial charge in [0, 0.05) is 10.4 Å². The molecule has 2 aromatic carbocycles. The van der Waals surface area contributed by atoms with Gasteiger partial charge in [0.1, 0.15) is 5.52 Å². The number of nitrogens with zero attached hydrogens (tertiary/aromatic N) is 1. The molecule has 0 unspecified atom stereocenters. The van der Waals surface area contributed by atoms with Crippen molar-refractivity contribution in [3.8, 4) is 11.5 Å². The molecule has 0 spiro atoms. The number of rotatable bonds is 2. The van der Waals surface area contributed by atoms with Crippen LogP contribution in [0, 0.1) is 0 Å². The molecule has 0 aliphatic rings. The van der Waals surface area contributed by atoms with E-state index in [1.54, 1.807) is 18.2 Å². The third kappa shape index (κ3) is 2.50. The summed E-state index contributed by atoms with van der Waals surface area (Å²) in [6, 6.07) is 11.1. The minimum atomic E-state index is 0.503. The van der Waals surface area contributed by atoms with E-state index in [1.807, 2.05) is 18.2 Å². The molecular formula is C14H8BrCl2NO. The average molecular weight is 357 g/mol. The van der Waals surface area contributed by atoms with Gasteiger partial charge in [-0.05, 0) is 35.9 Å². The fraction of sp³-hybridized carbons (Fsp3) is 0.0714. The number of fused-ring (bicyclic) bond motifs is 1. The molecule has 0 N–H and O–H groups in total. The first-order valence-corrected chi connectivity index (χ1v) is 7.46. The van der Waals surface area contributed by atoms with E-state index >= 15 is 0 Å². The molecule has 0 bridgehead atoms. The fourth-order valence-electron chi connectivity index (χ4n) is 1.83. The zero-order valence-electron chi connectivity index (χ0n) is 9.66. The first kappa shape index (κ1) is 13.0. The Morgan fingerprint density at radius 1 is 1.11 bits per heavy atom. The quantitative estimate of drug-likeness (QED) is 0.550. The Morgan fingerprint density at radius 3 is 2.68 bits per heavy atom. The van der Waals surface area contributed by atoms with Gasteiger partial charge >= 0.3 is 0 Å². The zero-order valence-corrected chi connectivity index (χ0v) is 12.8. The first-order chi connectivity index (χ1) is 9.17. The number of oxazole rings is 1. The van der Waals surface area contributed by atoms with Gasteiger partial charge in [0.15, 0.2) is 5.58 Å². The standard InChI is InChI=1S/C14H8BrCl2NO/c15-7-8-1-4-13-12(5-8)18-14(19-13)10-3-2-9(16)6-11(10)17/h1-6H,7H2. The van der Waals surface area contributed by atoms with Crippen LogP contribution in [-0.2, 0) is 5.33 Å². The molecule has 96 valence electrons. The van der Waals surface area contributed by atoms with E-state index in [0.717, 1.165) is 27.6 Å². The van der Waals surface area contributed by atoms with E-state index in [4.69, 9.17) is 27.6 Å². The van der Waals surface area contributed by atoms with Gasteiger partial charge in [0.2, 0.25) is 5.89 Å². The van der Waals surface area contributed by atoms with E-state index in [0.29, 0.717) is 15.9 Å². The van der Waals surface area contributed by atoms with Crippen molar-refractivity contribution in [3.63, 3.8) is 0 Å². The highest BCUT2D eigenvalue weighted by atomic mass is 79.9. The highest BCUT2D eigenvalue weighted by Crippen LogP contribution is 2.32. The van der Waals surface area contributed by atoms with Gasteiger partial charge in [-0.15, -0.1) is 0 Å². The average Bonchev–Trinajstić information content (AvgIpc) is 2.80. The van der Waals surface area contributed by atoms with Gasteiger partial charge in [-0.25, -0.2) is 4.98 Å². The van der Waals surface area contributed by atoms with E-state index in [-0.39, 0.29) is 0 Å². The minimum absolute atomic E-state index is 0.503. The van der Waals surface area contributed by atoms with Crippen molar-refractivity contribution in [1.82, 2.24) is 4.98 Å². The molecule has 0 amide bonds. The second-order valence-electron chi connectivity index (χ2n) is 4.08. The molecule has 0 radical (unpaired) electrons. The molecule has 0 saturated heterocycles. The van der Waals surface area contributed by atoms with Crippen LogP contribution in [0.5, 0.6) is 0 Å². The predicted molar refractivity (Wildman–Crippen MR) is 82.1 cm³/mol. The van der Waals surface area contributed by atoms with Crippen molar-refractivity contribution in [2.75, 3.05) is 0 Å². The molecule has 3 rings (SSSR count). The van der Waals surface area contributed by atoms with Crippen molar-refractivity contribution in [2.45, 2.75) is 5.33 Å². The smallest absolute Gasteiger partial charge is 0.228 e. The minimum Gasteiger partial charge on any atom is -0.436 e. The second kappa shape index (κ2) is 5.16. The van der Waals surface area contributed by atoms with Gasteiger partial charge in [0.25, 0.3) is 0 Å². The van der Waals surface area contributed by atoms with Crippen LogP contribution >= 0.6 is 39.1 Å². The molecule has 3 aromatic rings. The van der Waals surface area contributed by atoms with Crippen LogP contribution in [0.25, 0.3) is 22.6 Å². The van der Waals surface area contributed by atoms with Gasteiger partial charge in [-0.3, -0.25) is 0 Å². The van der Waals surface area contributed by atoms with Gasteiger partial charge in [-0.1, -0.05) is 45.2 Å². The molecule has 0 fully saturated rings. The van der Waals surface area contributed by atoms with Crippen LogP contribution in [0.1, 0.15) is 5.56 Å². The van der Waals surface area contributed by atoms with Crippen molar-refractivity contribution in [2.24, 2.45) is 0 Å². The predicted octanol–water partition coefficient (Wildman–Crippen LogP) is 5.70. The summed E-state index contributed by atoms with van der Waals surface area (Å²) in [5.74, 6) is 0.503. The summed E-state index contributed by atoms with van der Waals surface area (Å²) in [5.41, 5.74) is 3.45. The number of halogens is 3. The van der Waals surface area contributed by atoms with Crippen LogP contribution in [0.3, 0.4) is 0 Å².